The summed E-state index contributed by atoms with van der Waals surface area (Å²) < 4.78 is 29.7. The average molecular weight is 314 g/mol. The second-order valence-corrected chi connectivity index (χ2v) is 7.05. The molecule has 21 heavy (non-hydrogen) atoms. The molecule has 0 fully saturated rings. The number of rotatable bonds is 7. The molecule has 0 atom stereocenters. The van der Waals surface area contributed by atoms with E-state index < -0.39 is 15.9 Å². The molecule has 0 aliphatic rings. The van der Waals surface area contributed by atoms with Crippen molar-refractivity contribution in [2.75, 3.05) is 17.6 Å². The summed E-state index contributed by atoms with van der Waals surface area (Å²) in [4.78, 5) is 11.8. The van der Waals surface area contributed by atoms with Crippen LogP contribution in [0, 0.1) is 0 Å². The Bertz CT molecular complexity index is 579. The lowest BCUT2D eigenvalue weighted by Crippen LogP contribution is -2.30. The molecule has 0 radical (unpaired) electrons. The van der Waals surface area contributed by atoms with Gasteiger partial charge in [-0.2, -0.15) is 8.42 Å². The van der Waals surface area contributed by atoms with Crippen molar-refractivity contribution < 1.29 is 17.8 Å². The minimum Gasteiger partial charge on any atom is -0.380 e. The zero-order valence-corrected chi connectivity index (χ0v) is 13.3. The first kappa shape index (κ1) is 17.5. The Hall–Kier alpha value is -1.60. The van der Waals surface area contributed by atoms with Gasteiger partial charge in [-0.05, 0) is 44.5 Å². The van der Waals surface area contributed by atoms with E-state index in [1.54, 1.807) is 24.3 Å². The maximum atomic E-state index is 11.8. The Morgan fingerprint density at radius 3 is 2.29 bits per heavy atom. The van der Waals surface area contributed by atoms with Crippen LogP contribution < -0.4 is 10.6 Å². The van der Waals surface area contributed by atoms with Crippen LogP contribution in [0.5, 0.6) is 0 Å². The molecule has 0 aliphatic heterocycles. The van der Waals surface area contributed by atoms with Crippen molar-refractivity contribution in [2.45, 2.75) is 32.7 Å². The van der Waals surface area contributed by atoms with Crippen molar-refractivity contribution in [3.05, 3.63) is 29.8 Å². The van der Waals surface area contributed by atoms with Gasteiger partial charge in [-0.3, -0.25) is 9.35 Å². The third-order valence-electron chi connectivity index (χ3n) is 3.16. The van der Waals surface area contributed by atoms with Gasteiger partial charge in [0.2, 0.25) is 0 Å². The predicted molar refractivity (Wildman–Crippen MR) is 83.2 cm³/mol. The van der Waals surface area contributed by atoms with E-state index >= 15 is 0 Å². The monoisotopic (exact) mass is 314 g/mol. The molecule has 1 aromatic rings. The van der Waals surface area contributed by atoms with Crippen molar-refractivity contribution in [1.82, 2.24) is 5.32 Å². The molecule has 118 valence electrons. The van der Waals surface area contributed by atoms with Crippen molar-refractivity contribution in [2.24, 2.45) is 0 Å². The van der Waals surface area contributed by atoms with Crippen LogP contribution in [0.4, 0.5) is 5.69 Å². The molecular formula is C14H22N2O4S. The van der Waals surface area contributed by atoms with Crippen molar-refractivity contribution in [3.8, 4) is 0 Å². The predicted octanol–water partition coefficient (Wildman–Crippen LogP) is 1.90. The van der Waals surface area contributed by atoms with Gasteiger partial charge < -0.3 is 10.6 Å². The van der Waals surface area contributed by atoms with Crippen LogP contribution in [0.1, 0.15) is 37.6 Å². The molecule has 0 aliphatic carbocycles. The Morgan fingerprint density at radius 2 is 1.81 bits per heavy atom. The number of amides is 1. The average Bonchev–Trinajstić information content (AvgIpc) is 2.37. The maximum Gasteiger partial charge on any atom is 0.266 e. The largest absolute Gasteiger partial charge is 0.380 e. The Labute approximate surface area is 125 Å². The summed E-state index contributed by atoms with van der Waals surface area (Å²) in [5.41, 5.74) is 1.32. The highest BCUT2D eigenvalue weighted by molar-refractivity contribution is 7.85. The summed E-state index contributed by atoms with van der Waals surface area (Å²) in [6.45, 7) is 6.14. The highest BCUT2D eigenvalue weighted by atomic mass is 32.2. The Balaban J connectivity index is 2.59. The van der Waals surface area contributed by atoms with Gasteiger partial charge in [-0.15, -0.1) is 0 Å². The molecule has 0 saturated heterocycles. The third kappa shape index (κ3) is 6.59. The van der Waals surface area contributed by atoms with E-state index in [1.165, 1.54) is 0 Å². The SMILES string of the molecule is CCC(C)(C)Nc1ccc(C(=O)NCCS(=O)(=O)O)cc1. The molecule has 0 spiro atoms. The second kappa shape index (κ2) is 6.91. The van der Waals surface area contributed by atoms with Gasteiger partial charge in [-0.1, -0.05) is 6.92 Å². The van der Waals surface area contributed by atoms with Crippen molar-refractivity contribution in [3.63, 3.8) is 0 Å². The van der Waals surface area contributed by atoms with Crippen LogP contribution in [0.2, 0.25) is 0 Å². The van der Waals surface area contributed by atoms with Crippen LogP contribution >= 0.6 is 0 Å². The number of benzene rings is 1. The summed E-state index contributed by atoms with van der Waals surface area (Å²) in [6.07, 6.45) is 0.963. The van der Waals surface area contributed by atoms with Crippen LogP contribution in [0.3, 0.4) is 0 Å². The fourth-order valence-electron chi connectivity index (χ4n) is 1.58. The first-order valence-electron chi connectivity index (χ1n) is 6.74. The Morgan fingerprint density at radius 1 is 1.24 bits per heavy atom. The van der Waals surface area contributed by atoms with Crippen LogP contribution in [0.15, 0.2) is 24.3 Å². The normalized spacial score (nSPS) is 12.0. The van der Waals surface area contributed by atoms with Gasteiger partial charge in [-0.25, -0.2) is 0 Å². The van der Waals surface area contributed by atoms with Gasteiger partial charge >= 0.3 is 0 Å². The molecule has 0 saturated carbocycles. The second-order valence-electron chi connectivity index (χ2n) is 5.48. The van der Waals surface area contributed by atoms with Crippen LogP contribution in [-0.4, -0.2) is 36.7 Å². The van der Waals surface area contributed by atoms with Gasteiger partial charge in [0.1, 0.15) is 0 Å². The van der Waals surface area contributed by atoms with E-state index in [9.17, 15) is 13.2 Å². The summed E-state index contributed by atoms with van der Waals surface area (Å²) >= 11 is 0. The fraction of sp³-hybridized carbons (Fsp3) is 0.500. The highest BCUT2D eigenvalue weighted by Gasteiger charge is 2.14. The van der Waals surface area contributed by atoms with E-state index in [1.807, 2.05) is 0 Å². The lowest BCUT2D eigenvalue weighted by Gasteiger charge is -2.26. The quantitative estimate of drug-likeness (QED) is 0.668. The Kier molecular flexibility index (Phi) is 5.74. The van der Waals surface area contributed by atoms with E-state index in [-0.39, 0.29) is 18.0 Å². The highest BCUT2D eigenvalue weighted by Crippen LogP contribution is 2.18. The van der Waals surface area contributed by atoms with Gasteiger partial charge in [0.15, 0.2) is 0 Å². The summed E-state index contributed by atoms with van der Waals surface area (Å²) in [5, 5.41) is 5.79. The van der Waals surface area contributed by atoms with E-state index in [0.717, 1.165) is 12.1 Å². The van der Waals surface area contributed by atoms with Gasteiger partial charge in [0.05, 0.1) is 5.75 Å². The molecule has 6 nitrogen and oxygen atoms in total. The molecule has 7 heteroatoms. The summed E-state index contributed by atoms with van der Waals surface area (Å²) in [5.74, 6) is -0.872. The first-order chi connectivity index (χ1) is 9.63. The number of carbonyl (C=O) groups excluding carboxylic acids is 1. The number of nitrogens with one attached hydrogen (secondary N) is 2. The number of hydrogen-bond donors (Lipinski definition) is 3. The van der Waals surface area contributed by atoms with Crippen molar-refractivity contribution in [1.29, 1.82) is 0 Å². The standard InChI is InChI=1S/C14H22N2O4S/c1-4-14(2,3)16-12-7-5-11(6-8-12)13(17)15-9-10-21(18,19)20/h5-8,16H,4,9-10H2,1-3H3,(H,15,17)(H,18,19,20). The minimum absolute atomic E-state index is 0.0285. The van der Waals surface area contributed by atoms with Gasteiger partial charge in [0.25, 0.3) is 16.0 Å². The topological polar surface area (TPSA) is 95.5 Å². The molecule has 1 aromatic carbocycles. The lowest BCUT2D eigenvalue weighted by atomic mass is 10.0. The molecule has 0 aromatic heterocycles. The molecule has 0 bridgehead atoms. The van der Waals surface area contributed by atoms with Crippen LogP contribution in [-0.2, 0) is 10.1 Å². The van der Waals surface area contributed by atoms with E-state index in [4.69, 9.17) is 4.55 Å². The smallest absolute Gasteiger partial charge is 0.266 e. The third-order valence-corrected chi connectivity index (χ3v) is 3.88. The zero-order chi connectivity index (χ0) is 16.1. The maximum absolute atomic E-state index is 11.8. The molecule has 0 unspecified atom stereocenters. The number of hydrogen-bond acceptors (Lipinski definition) is 4. The molecule has 0 heterocycles. The molecule has 1 rings (SSSR count). The van der Waals surface area contributed by atoms with E-state index in [2.05, 4.69) is 31.4 Å². The number of anilines is 1. The zero-order valence-electron chi connectivity index (χ0n) is 12.5. The van der Waals surface area contributed by atoms with Crippen molar-refractivity contribution >= 4 is 21.7 Å². The van der Waals surface area contributed by atoms with Crippen LogP contribution in [0.25, 0.3) is 0 Å². The summed E-state index contributed by atoms with van der Waals surface area (Å²) in [7, 11) is -4.06. The van der Waals surface area contributed by atoms with Gasteiger partial charge in [0, 0.05) is 23.3 Å². The summed E-state index contributed by atoms with van der Waals surface area (Å²) in [6, 6.07) is 6.93. The first-order valence-corrected chi connectivity index (χ1v) is 8.35. The minimum atomic E-state index is -4.06. The fourth-order valence-corrected chi connectivity index (χ4v) is 1.94. The molecular weight excluding hydrogens is 292 g/mol. The van der Waals surface area contributed by atoms with E-state index in [0.29, 0.717) is 5.56 Å². The number of carbonyl (C=O) groups is 1. The molecule has 3 N–H and O–H groups in total. The molecule has 1 amide bonds. The lowest BCUT2D eigenvalue weighted by molar-refractivity contribution is 0.0956.